The third-order valence-corrected chi connectivity index (χ3v) is 3.06. The number of amides is 2. The van der Waals surface area contributed by atoms with Gasteiger partial charge in [0.05, 0.1) is 13.2 Å². The SMILES string of the molecule is COC1(CNC(=O)NCCC(O)C(=O)O)CCOC1. The third-order valence-electron chi connectivity index (χ3n) is 3.06. The van der Waals surface area contributed by atoms with Gasteiger partial charge in [-0.05, 0) is 0 Å². The van der Waals surface area contributed by atoms with Crippen LogP contribution < -0.4 is 10.6 Å². The monoisotopic (exact) mass is 276 g/mol. The largest absolute Gasteiger partial charge is 0.479 e. The highest BCUT2D eigenvalue weighted by Gasteiger charge is 2.35. The van der Waals surface area contributed by atoms with Gasteiger partial charge >= 0.3 is 12.0 Å². The molecule has 0 spiro atoms. The lowest BCUT2D eigenvalue weighted by Crippen LogP contribution is -2.48. The topological polar surface area (TPSA) is 117 Å². The van der Waals surface area contributed by atoms with Gasteiger partial charge in [0.1, 0.15) is 5.60 Å². The van der Waals surface area contributed by atoms with Gasteiger partial charge < -0.3 is 30.3 Å². The van der Waals surface area contributed by atoms with Gasteiger partial charge in [-0.2, -0.15) is 0 Å². The minimum absolute atomic E-state index is 0.0404. The van der Waals surface area contributed by atoms with Gasteiger partial charge in [-0.15, -0.1) is 0 Å². The zero-order chi connectivity index (χ0) is 14.3. The Bertz CT molecular complexity index is 316. The first-order valence-electron chi connectivity index (χ1n) is 6.04. The van der Waals surface area contributed by atoms with Gasteiger partial charge in [-0.25, -0.2) is 9.59 Å². The second-order valence-electron chi connectivity index (χ2n) is 4.44. The number of ether oxygens (including phenoxy) is 2. The highest BCUT2D eigenvalue weighted by molar-refractivity contribution is 5.74. The average molecular weight is 276 g/mol. The number of aliphatic hydroxyl groups excluding tert-OH is 1. The first kappa shape index (κ1) is 15.7. The maximum Gasteiger partial charge on any atom is 0.332 e. The Hall–Kier alpha value is -1.38. The van der Waals surface area contributed by atoms with Gasteiger partial charge in [0, 0.05) is 33.1 Å². The third kappa shape index (κ3) is 5.01. The van der Waals surface area contributed by atoms with Crippen LogP contribution in [0.5, 0.6) is 0 Å². The normalized spacial score (nSPS) is 23.9. The molecule has 4 N–H and O–H groups in total. The Labute approximate surface area is 111 Å². The van der Waals surface area contributed by atoms with E-state index in [4.69, 9.17) is 19.7 Å². The highest BCUT2D eigenvalue weighted by Crippen LogP contribution is 2.21. The lowest BCUT2D eigenvalue weighted by molar-refractivity contribution is -0.146. The minimum atomic E-state index is -1.46. The standard InChI is InChI=1S/C11H20N2O6/c1-18-11(3-5-19-7-11)6-13-10(17)12-4-2-8(14)9(15)16/h8,14H,2-7H2,1H3,(H,15,16)(H2,12,13,17). The van der Waals surface area contributed by atoms with E-state index in [0.29, 0.717) is 26.2 Å². The molecule has 2 amide bonds. The second-order valence-corrected chi connectivity index (χ2v) is 4.44. The predicted molar refractivity (Wildman–Crippen MR) is 64.8 cm³/mol. The van der Waals surface area contributed by atoms with Gasteiger partial charge in [-0.3, -0.25) is 0 Å². The molecule has 0 aromatic rings. The molecule has 8 heteroatoms. The summed E-state index contributed by atoms with van der Waals surface area (Å²) in [5, 5.41) is 22.6. The summed E-state index contributed by atoms with van der Waals surface area (Å²) in [6, 6.07) is -0.430. The molecule has 2 atom stereocenters. The van der Waals surface area contributed by atoms with E-state index in [2.05, 4.69) is 10.6 Å². The number of aliphatic carboxylic acids is 1. The van der Waals surface area contributed by atoms with Crippen LogP contribution in [0.3, 0.4) is 0 Å². The number of hydrogen-bond donors (Lipinski definition) is 4. The predicted octanol–water partition coefficient (Wildman–Crippen LogP) is -1.07. The zero-order valence-corrected chi connectivity index (χ0v) is 10.8. The number of rotatable bonds is 7. The van der Waals surface area contributed by atoms with Crippen molar-refractivity contribution in [2.45, 2.75) is 24.5 Å². The number of carboxylic acids is 1. The summed E-state index contributed by atoms with van der Waals surface area (Å²) in [6.45, 7) is 1.43. The Balaban J connectivity index is 2.19. The molecular formula is C11H20N2O6. The lowest BCUT2D eigenvalue weighted by Gasteiger charge is -2.25. The van der Waals surface area contributed by atoms with E-state index >= 15 is 0 Å². The molecule has 1 saturated heterocycles. The van der Waals surface area contributed by atoms with Gasteiger partial charge in [-0.1, -0.05) is 0 Å². The van der Waals surface area contributed by atoms with Crippen LogP contribution in [0.4, 0.5) is 4.79 Å². The summed E-state index contributed by atoms with van der Waals surface area (Å²) in [6.07, 6.45) is -0.795. The summed E-state index contributed by atoms with van der Waals surface area (Å²) in [5.74, 6) is -1.30. The van der Waals surface area contributed by atoms with Crippen LogP contribution in [-0.4, -0.2) is 67.3 Å². The van der Waals surface area contributed by atoms with Crippen molar-refractivity contribution in [2.24, 2.45) is 0 Å². The van der Waals surface area contributed by atoms with Crippen molar-refractivity contribution in [2.75, 3.05) is 33.4 Å². The molecule has 0 bridgehead atoms. The van der Waals surface area contributed by atoms with Crippen molar-refractivity contribution >= 4 is 12.0 Å². The van der Waals surface area contributed by atoms with E-state index in [1.54, 1.807) is 7.11 Å². The number of carboxylic acid groups (broad SMARTS) is 1. The molecule has 19 heavy (non-hydrogen) atoms. The summed E-state index contributed by atoms with van der Waals surface area (Å²) in [4.78, 5) is 21.8. The Morgan fingerprint density at radius 3 is 2.74 bits per heavy atom. The summed E-state index contributed by atoms with van der Waals surface area (Å²) in [7, 11) is 1.57. The number of aliphatic hydroxyl groups is 1. The first-order valence-corrected chi connectivity index (χ1v) is 6.04. The Kier molecular flexibility index (Phi) is 6.00. The fourth-order valence-corrected chi connectivity index (χ4v) is 1.71. The van der Waals surface area contributed by atoms with Crippen molar-refractivity contribution in [3.05, 3.63) is 0 Å². The molecule has 1 aliphatic rings. The van der Waals surface area contributed by atoms with Crippen LogP contribution in [0.15, 0.2) is 0 Å². The van der Waals surface area contributed by atoms with Crippen LogP contribution in [0, 0.1) is 0 Å². The molecule has 0 radical (unpaired) electrons. The van der Waals surface area contributed by atoms with Crippen LogP contribution in [0.25, 0.3) is 0 Å². The Morgan fingerprint density at radius 1 is 1.47 bits per heavy atom. The molecule has 1 fully saturated rings. The number of carbonyl (C=O) groups excluding carboxylic acids is 1. The molecule has 0 aromatic carbocycles. The van der Waals surface area contributed by atoms with Crippen LogP contribution in [-0.2, 0) is 14.3 Å². The first-order chi connectivity index (χ1) is 8.99. The Morgan fingerprint density at radius 2 is 2.21 bits per heavy atom. The molecule has 2 unspecified atom stereocenters. The highest BCUT2D eigenvalue weighted by atomic mass is 16.5. The summed E-state index contributed by atoms with van der Waals surface area (Å²) in [5.41, 5.74) is -0.488. The smallest absolute Gasteiger partial charge is 0.332 e. The van der Waals surface area contributed by atoms with E-state index in [0.717, 1.165) is 0 Å². The molecule has 0 aromatic heterocycles. The molecule has 0 saturated carbocycles. The quantitative estimate of drug-likeness (QED) is 0.470. The fourth-order valence-electron chi connectivity index (χ4n) is 1.71. The van der Waals surface area contributed by atoms with E-state index in [1.807, 2.05) is 0 Å². The number of hydrogen-bond acceptors (Lipinski definition) is 5. The van der Waals surface area contributed by atoms with Crippen molar-refractivity contribution < 1.29 is 29.3 Å². The number of carbonyl (C=O) groups is 2. The van der Waals surface area contributed by atoms with Gasteiger partial charge in [0.2, 0.25) is 0 Å². The van der Waals surface area contributed by atoms with Crippen LogP contribution in [0.2, 0.25) is 0 Å². The minimum Gasteiger partial charge on any atom is -0.479 e. The van der Waals surface area contributed by atoms with Gasteiger partial charge in [0.15, 0.2) is 6.10 Å². The van der Waals surface area contributed by atoms with Crippen molar-refractivity contribution in [3.63, 3.8) is 0 Å². The number of urea groups is 1. The summed E-state index contributed by atoms with van der Waals surface area (Å²) >= 11 is 0. The number of methoxy groups -OCH3 is 1. The fraction of sp³-hybridized carbons (Fsp3) is 0.818. The second kappa shape index (κ2) is 7.27. The molecule has 1 heterocycles. The maximum atomic E-state index is 11.5. The molecule has 110 valence electrons. The van der Waals surface area contributed by atoms with Crippen molar-refractivity contribution in [3.8, 4) is 0 Å². The van der Waals surface area contributed by atoms with E-state index < -0.39 is 23.7 Å². The molecule has 1 rings (SSSR count). The molecule has 8 nitrogen and oxygen atoms in total. The van der Waals surface area contributed by atoms with E-state index in [-0.39, 0.29) is 13.0 Å². The average Bonchev–Trinajstić information content (AvgIpc) is 2.85. The molecule has 1 aliphatic heterocycles. The zero-order valence-electron chi connectivity index (χ0n) is 10.8. The molecule has 0 aliphatic carbocycles. The lowest BCUT2D eigenvalue weighted by atomic mass is 10.0. The summed E-state index contributed by atoms with van der Waals surface area (Å²) < 4.78 is 10.6. The molecular weight excluding hydrogens is 256 g/mol. The number of nitrogens with one attached hydrogen (secondary N) is 2. The van der Waals surface area contributed by atoms with Crippen LogP contribution in [0.1, 0.15) is 12.8 Å². The van der Waals surface area contributed by atoms with Crippen molar-refractivity contribution in [1.82, 2.24) is 10.6 Å². The van der Waals surface area contributed by atoms with Crippen LogP contribution >= 0.6 is 0 Å². The maximum absolute atomic E-state index is 11.5. The van der Waals surface area contributed by atoms with E-state index in [1.165, 1.54) is 0 Å². The van der Waals surface area contributed by atoms with E-state index in [9.17, 15) is 9.59 Å². The van der Waals surface area contributed by atoms with Crippen molar-refractivity contribution in [1.29, 1.82) is 0 Å². The van der Waals surface area contributed by atoms with Gasteiger partial charge in [0.25, 0.3) is 0 Å².